The lowest BCUT2D eigenvalue weighted by Gasteiger charge is -2.61. The minimum Gasteiger partial charge on any atom is -0.467 e. The summed E-state index contributed by atoms with van der Waals surface area (Å²) in [6.45, 7) is 9.55. The number of ether oxygens (including phenoxy) is 2. The van der Waals surface area contributed by atoms with E-state index in [4.69, 9.17) is 9.47 Å². The van der Waals surface area contributed by atoms with Gasteiger partial charge in [0.2, 0.25) is 5.91 Å². The smallest absolute Gasteiger partial charge is 0.328 e. The summed E-state index contributed by atoms with van der Waals surface area (Å²) in [4.78, 5) is 25.1. The first-order chi connectivity index (χ1) is 19.0. The monoisotopic (exact) mass is 577 g/mol. The molecule has 0 bridgehead atoms. The topological polar surface area (TPSA) is 84.9 Å². The fourth-order valence-electron chi connectivity index (χ4n) is 10.7. The summed E-state index contributed by atoms with van der Waals surface area (Å²) < 4.78 is 11.8. The van der Waals surface area contributed by atoms with Gasteiger partial charge >= 0.3 is 5.97 Å². The third kappa shape index (κ3) is 5.38. The van der Waals surface area contributed by atoms with Crippen molar-refractivity contribution in [3.8, 4) is 0 Å². The molecule has 228 valence electrons. The third-order valence-corrected chi connectivity index (χ3v) is 13.6. The number of aliphatic hydroxyl groups is 1. The largest absolute Gasteiger partial charge is 0.467 e. The highest BCUT2D eigenvalue weighted by Gasteiger charge is 2.65. The van der Waals surface area contributed by atoms with Crippen molar-refractivity contribution in [2.24, 2.45) is 52.3 Å². The Morgan fingerprint density at radius 3 is 2.55 bits per heavy atom. The average Bonchev–Trinajstić information content (AvgIpc) is 3.42. The number of nitrogens with one attached hydrogen (secondary N) is 1. The molecule has 0 spiro atoms. The van der Waals surface area contributed by atoms with E-state index in [1.807, 2.05) is 13.2 Å². The summed E-state index contributed by atoms with van der Waals surface area (Å²) in [7, 11) is 1.38. The van der Waals surface area contributed by atoms with Gasteiger partial charge in [-0.15, -0.1) is 0 Å². The fourth-order valence-corrected chi connectivity index (χ4v) is 11.2. The van der Waals surface area contributed by atoms with E-state index in [-0.39, 0.29) is 30.0 Å². The number of carbonyl (C=O) groups is 2. The summed E-state index contributed by atoms with van der Waals surface area (Å²) in [5.41, 5.74) is 0.764. The van der Waals surface area contributed by atoms with Crippen LogP contribution >= 0.6 is 11.8 Å². The van der Waals surface area contributed by atoms with E-state index in [9.17, 15) is 14.7 Å². The van der Waals surface area contributed by atoms with E-state index >= 15 is 0 Å². The molecule has 5 fully saturated rings. The Morgan fingerprint density at radius 1 is 1.07 bits per heavy atom. The van der Waals surface area contributed by atoms with Crippen LogP contribution in [0.1, 0.15) is 98.3 Å². The number of hydrogen-bond donors (Lipinski definition) is 2. The zero-order valence-electron chi connectivity index (χ0n) is 25.8. The van der Waals surface area contributed by atoms with Crippen molar-refractivity contribution in [3.63, 3.8) is 0 Å². The summed E-state index contributed by atoms with van der Waals surface area (Å²) in [6, 6.07) is -0.573. The molecule has 1 unspecified atom stereocenters. The molecule has 0 aromatic rings. The highest BCUT2D eigenvalue weighted by atomic mass is 32.2. The SMILES string of the molecule is COC(=O)C(CCSC)NC(=O)[C@@H](C)CC[C@H]1O[C@H]2C[C@H]3[C@@H]4CC[C@@H]5C[C@@H](O)CC[C@]5(C)[C@H]4CC[C@]3(C)[C@H]2[C@@H]1C. The first-order valence-corrected chi connectivity index (χ1v) is 17.6. The van der Waals surface area contributed by atoms with Crippen LogP contribution in [0.3, 0.4) is 0 Å². The molecule has 0 aromatic carbocycles. The van der Waals surface area contributed by atoms with Crippen molar-refractivity contribution in [1.82, 2.24) is 5.32 Å². The summed E-state index contributed by atoms with van der Waals surface area (Å²) in [5, 5.41) is 13.3. The van der Waals surface area contributed by atoms with Gasteiger partial charge in [0.05, 0.1) is 25.4 Å². The molecule has 4 aliphatic carbocycles. The molecule has 1 saturated heterocycles. The zero-order chi connectivity index (χ0) is 28.8. The van der Waals surface area contributed by atoms with Gasteiger partial charge in [0, 0.05) is 5.92 Å². The first kappa shape index (κ1) is 30.7. The van der Waals surface area contributed by atoms with Gasteiger partial charge in [0.15, 0.2) is 0 Å². The van der Waals surface area contributed by atoms with Crippen molar-refractivity contribution in [3.05, 3.63) is 0 Å². The molecule has 1 amide bonds. The number of thioether (sulfide) groups is 1. The van der Waals surface area contributed by atoms with Crippen molar-refractivity contribution in [1.29, 1.82) is 0 Å². The highest BCUT2D eigenvalue weighted by molar-refractivity contribution is 7.98. The van der Waals surface area contributed by atoms with E-state index in [0.29, 0.717) is 41.1 Å². The molecule has 5 aliphatic rings. The molecule has 1 aliphatic heterocycles. The normalized spacial score (nSPS) is 45.4. The number of esters is 1. The lowest BCUT2D eigenvalue weighted by atomic mass is 9.44. The second kappa shape index (κ2) is 12.1. The maximum absolute atomic E-state index is 13.0. The summed E-state index contributed by atoms with van der Waals surface area (Å²) >= 11 is 1.66. The highest BCUT2D eigenvalue weighted by Crippen LogP contribution is 2.70. The lowest BCUT2D eigenvalue weighted by Crippen LogP contribution is -2.54. The number of aliphatic hydroxyl groups excluding tert-OH is 1. The molecule has 6 nitrogen and oxygen atoms in total. The summed E-state index contributed by atoms with van der Waals surface area (Å²) in [5.74, 6) is 4.41. The number of carbonyl (C=O) groups excluding carboxylic acids is 2. The number of rotatable bonds is 9. The fraction of sp³-hybridized carbons (Fsp3) is 0.939. The van der Waals surface area contributed by atoms with Crippen LogP contribution in [0.5, 0.6) is 0 Å². The van der Waals surface area contributed by atoms with Crippen LogP contribution in [0.25, 0.3) is 0 Å². The minimum atomic E-state index is -0.573. The second-order valence-electron chi connectivity index (χ2n) is 14.8. The van der Waals surface area contributed by atoms with E-state index in [2.05, 4.69) is 26.1 Å². The zero-order valence-corrected chi connectivity index (χ0v) is 26.6. The predicted molar refractivity (Wildman–Crippen MR) is 160 cm³/mol. The van der Waals surface area contributed by atoms with E-state index < -0.39 is 6.04 Å². The van der Waals surface area contributed by atoms with Gasteiger partial charge in [-0.25, -0.2) is 4.79 Å². The Hall–Kier alpha value is -0.790. The Labute approximate surface area is 246 Å². The number of methoxy groups -OCH3 is 1. The van der Waals surface area contributed by atoms with Gasteiger partial charge in [-0.1, -0.05) is 27.7 Å². The summed E-state index contributed by atoms with van der Waals surface area (Å²) in [6.07, 6.45) is 14.4. The molecule has 4 saturated carbocycles. The van der Waals surface area contributed by atoms with Crippen LogP contribution < -0.4 is 5.32 Å². The van der Waals surface area contributed by atoms with E-state index in [1.54, 1.807) is 11.8 Å². The Kier molecular flexibility index (Phi) is 9.25. The molecule has 0 aromatic heterocycles. The molecule has 5 rings (SSSR count). The Morgan fingerprint density at radius 2 is 1.82 bits per heavy atom. The van der Waals surface area contributed by atoms with Crippen LogP contribution in [0.4, 0.5) is 0 Å². The van der Waals surface area contributed by atoms with E-state index in [1.165, 1.54) is 45.6 Å². The van der Waals surface area contributed by atoms with Crippen LogP contribution in [-0.2, 0) is 19.1 Å². The Bertz CT molecular complexity index is 931. The standard InChI is InChI=1S/C33H55NO5S/c1-19(30(36)34-26(13-16-40-6)31(37)38-5)7-10-27-20(2)29-28(39-27)18-25-23-9-8-21-17-22(35)11-14-32(21,3)24(23)12-15-33(25,29)4/h19-29,35H,7-18H2,1-6H3,(H,34,36)/t19-,20+,21+,22-,23+,24-,25-,26?,27+,28-,29-,32-,33-/m0/s1. The van der Waals surface area contributed by atoms with Crippen molar-refractivity contribution < 1.29 is 24.2 Å². The molecular formula is C33H55NO5S. The molecule has 13 atom stereocenters. The third-order valence-electron chi connectivity index (χ3n) is 13.0. The van der Waals surface area contributed by atoms with E-state index in [0.717, 1.165) is 49.2 Å². The van der Waals surface area contributed by atoms with Gasteiger partial charge in [-0.05, 0) is 129 Å². The van der Waals surface area contributed by atoms with Gasteiger partial charge in [-0.3, -0.25) is 4.79 Å². The molecule has 2 N–H and O–H groups in total. The first-order valence-electron chi connectivity index (χ1n) is 16.2. The van der Waals surface area contributed by atoms with Gasteiger partial charge in [0.1, 0.15) is 6.04 Å². The number of hydrogen-bond acceptors (Lipinski definition) is 6. The number of fused-ring (bicyclic) bond motifs is 7. The second-order valence-corrected chi connectivity index (χ2v) is 15.8. The van der Waals surface area contributed by atoms with Gasteiger partial charge < -0.3 is 19.9 Å². The van der Waals surface area contributed by atoms with Crippen molar-refractivity contribution in [2.75, 3.05) is 19.1 Å². The maximum atomic E-state index is 13.0. The predicted octanol–water partition coefficient (Wildman–Crippen LogP) is 5.85. The van der Waals surface area contributed by atoms with Crippen molar-refractivity contribution in [2.45, 2.75) is 123 Å². The van der Waals surface area contributed by atoms with Gasteiger partial charge in [-0.2, -0.15) is 11.8 Å². The number of amides is 1. The molecule has 7 heteroatoms. The van der Waals surface area contributed by atoms with Crippen molar-refractivity contribution >= 4 is 23.6 Å². The van der Waals surface area contributed by atoms with Crippen LogP contribution in [0.15, 0.2) is 0 Å². The lowest BCUT2D eigenvalue weighted by molar-refractivity contribution is -0.145. The molecular weight excluding hydrogens is 522 g/mol. The van der Waals surface area contributed by atoms with Gasteiger partial charge in [0.25, 0.3) is 0 Å². The van der Waals surface area contributed by atoms with Crippen LogP contribution in [-0.4, -0.2) is 60.5 Å². The Balaban J connectivity index is 1.18. The average molecular weight is 578 g/mol. The quantitative estimate of drug-likeness (QED) is 0.335. The minimum absolute atomic E-state index is 0.0629. The maximum Gasteiger partial charge on any atom is 0.328 e. The van der Waals surface area contributed by atoms with Crippen LogP contribution in [0.2, 0.25) is 0 Å². The molecule has 1 heterocycles. The van der Waals surface area contributed by atoms with Crippen LogP contribution in [0, 0.1) is 52.3 Å². The molecule has 0 radical (unpaired) electrons. The molecule has 40 heavy (non-hydrogen) atoms.